The second-order valence-corrected chi connectivity index (χ2v) is 7.03. The summed E-state index contributed by atoms with van der Waals surface area (Å²) < 4.78 is 4.85. The van der Waals surface area contributed by atoms with E-state index in [1.807, 2.05) is 31.2 Å². The number of fused-ring (bicyclic) bond motifs is 1. The first-order valence-corrected chi connectivity index (χ1v) is 8.67. The van der Waals surface area contributed by atoms with Crippen LogP contribution in [0.4, 0.5) is 4.79 Å². The number of hydrogen-bond donors (Lipinski definition) is 1. The van der Waals surface area contributed by atoms with E-state index < -0.39 is 5.60 Å². The molecule has 0 spiro atoms. The van der Waals surface area contributed by atoms with Crippen LogP contribution in [0.1, 0.15) is 36.8 Å². The molecule has 2 fully saturated rings. The number of likely N-dealkylation sites (tertiary alicyclic amines) is 1. The van der Waals surface area contributed by atoms with Gasteiger partial charge < -0.3 is 14.7 Å². The van der Waals surface area contributed by atoms with E-state index in [1.165, 1.54) is 7.11 Å². The van der Waals surface area contributed by atoms with Crippen LogP contribution in [0.5, 0.6) is 0 Å². The molecule has 1 heterocycles. The van der Waals surface area contributed by atoms with Crippen molar-refractivity contribution in [3.8, 4) is 11.8 Å². The fourth-order valence-corrected chi connectivity index (χ4v) is 4.03. The monoisotopic (exact) mass is 327 g/mol. The summed E-state index contributed by atoms with van der Waals surface area (Å²) in [6.07, 6.45) is 3.45. The van der Waals surface area contributed by atoms with Crippen LogP contribution in [-0.2, 0) is 4.74 Å². The van der Waals surface area contributed by atoms with Crippen LogP contribution in [-0.4, -0.2) is 41.9 Å². The zero-order valence-corrected chi connectivity index (χ0v) is 14.4. The zero-order valence-electron chi connectivity index (χ0n) is 14.4. The Balaban J connectivity index is 1.86. The van der Waals surface area contributed by atoms with Crippen molar-refractivity contribution in [3.05, 3.63) is 35.4 Å². The highest BCUT2D eigenvalue weighted by atomic mass is 16.5. The van der Waals surface area contributed by atoms with E-state index in [-0.39, 0.29) is 12.0 Å². The topological polar surface area (TPSA) is 49.8 Å². The summed E-state index contributed by atoms with van der Waals surface area (Å²) in [5.74, 6) is 6.61. The second kappa shape index (κ2) is 6.86. The molecule has 1 N–H and O–H groups in total. The number of methoxy groups -OCH3 is 1. The van der Waals surface area contributed by atoms with Gasteiger partial charge in [-0.05, 0) is 49.8 Å². The van der Waals surface area contributed by atoms with Gasteiger partial charge in [0, 0.05) is 24.6 Å². The molecule has 1 saturated heterocycles. The Labute approximate surface area is 143 Å². The van der Waals surface area contributed by atoms with Crippen molar-refractivity contribution in [1.82, 2.24) is 4.90 Å². The molecular formula is C20H25NO3. The SMILES string of the molecule is COC(=O)N1CC2CCCCC(O)(C#Cc3cccc(C)c3)C2C1. The first-order chi connectivity index (χ1) is 11.5. The normalized spacial score (nSPS) is 29.2. The Kier molecular flexibility index (Phi) is 4.82. The van der Waals surface area contributed by atoms with E-state index in [0.717, 1.165) is 30.4 Å². The summed E-state index contributed by atoms with van der Waals surface area (Å²) in [5.41, 5.74) is 1.05. The number of nitrogens with zero attached hydrogens (tertiary/aromatic N) is 1. The van der Waals surface area contributed by atoms with E-state index in [4.69, 9.17) is 4.74 Å². The number of aryl methyl sites for hydroxylation is 1. The lowest BCUT2D eigenvalue weighted by molar-refractivity contribution is 0.0232. The molecule has 1 amide bonds. The number of carbonyl (C=O) groups is 1. The van der Waals surface area contributed by atoms with Crippen LogP contribution >= 0.6 is 0 Å². The fourth-order valence-electron chi connectivity index (χ4n) is 4.03. The first-order valence-electron chi connectivity index (χ1n) is 8.67. The maximum absolute atomic E-state index is 11.9. The van der Waals surface area contributed by atoms with Crippen molar-refractivity contribution >= 4 is 6.09 Å². The Morgan fingerprint density at radius 3 is 2.96 bits per heavy atom. The summed E-state index contributed by atoms with van der Waals surface area (Å²) >= 11 is 0. The molecule has 1 aliphatic heterocycles. The van der Waals surface area contributed by atoms with Gasteiger partial charge in [-0.2, -0.15) is 0 Å². The van der Waals surface area contributed by atoms with Crippen LogP contribution in [0, 0.1) is 30.6 Å². The number of benzene rings is 1. The molecule has 1 aromatic carbocycles. The number of rotatable bonds is 0. The predicted octanol–water partition coefficient (Wildman–Crippen LogP) is 2.97. The van der Waals surface area contributed by atoms with E-state index in [0.29, 0.717) is 25.4 Å². The van der Waals surface area contributed by atoms with Gasteiger partial charge in [0.15, 0.2) is 0 Å². The molecule has 0 bridgehead atoms. The summed E-state index contributed by atoms with van der Waals surface area (Å²) in [6, 6.07) is 8.01. The van der Waals surface area contributed by atoms with Crippen molar-refractivity contribution < 1.29 is 14.6 Å². The lowest BCUT2D eigenvalue weighted by Gasteiger charge is -2.30. The molecule has 4 nitrogen and oxygen atoms in total. The second-order valence-electron chi connectivity index (χ2n) is 7.03. The number of carbonyl (C=O) groups excluding carboxylic acids is 1. The average molecular weight is 327 g/mol. The van der Waals surface area contributed by atoms with E-state index >= 15 is 0 Å². The van der Waals surface area contributed by atoms with Crippen molar-refractivity contribution in [2.45, 2.75) is 38.2 Å². The molecule has 128 valence electrons. The molecule has 24 heavy (non-hydrogen) atoms. The van der Waals surface area contributed by atoms with Gasteiger partial charge >= 0.3 is 6.09 Å². The molecular weight excluding hydrogens is 302 g/mol. The third-order valence-corrected chi connectivity index (χ3v) is 5.31. The first kappa shape index (κ1) is 16.9. The minimum atomic E-state index is -1.03. The van der Waals surface area contributed by atoms with E-state index in [9.17, 15) is 9.90 Å². The zero-order chi connectivity index (χ0) is 17.2. The van der Waals surface area contributed by atoms with Crippen molar-refractivity contribution in [2.75, 3.05) is 20.2 Å². The lowest BCUT2D eigenvalue weighted by atomic mass is 9.79. The van der Waals surface area contributed by atoms with Crippen LogP contribution in [0.2, 0.25) is 0 Å². The smallest absolute Gasteiger partial charge is 0.409 e. The molecule has 1 aliphatic carbocycles. The average Bonchev–Trinajstić information content (AvgIpc) is 2.95. The molecule has 2 aliphatic rings. The molecule has 1 aromatic rings. The maximum atomic E-state index is 11.9. The van der Waals surface area contributed by atoms with Crippen LogP contribution < -0.4 is 0 Å². The molecule has 4 heteroatoms. The van der Waals surface area contributed by atoms with Crippen LogP contribution in [0.15, 0.2) is 24.3 Å². The van der Waals surface area contributed by atoms with Gasteiger partial charge in [0.05, 0.1) is 7.11 Å². The van der Waals surface area contributed by atoms with E-state index in [1.54, 1.807) is 4.90 Å². The summed E-state index contributed by atoms with van der Waals surface area (Å²) in [5, 5.41) is 11.3. The van der Waals surface area contributed by atoms with Gasteiger partial charge in [0.25, 0.3) is 0 Å². The van der Waals surface area contributed by atoms with Gasteiger partial charge in [-0.15, -0.1) is 0 Å². The molecule has 3 unspecified atom stereocenters. The molecule has 3 rings (SSSR count). The molecule has 0 aromatic heterocycles. The quantitative estimate of drug-likeness (QED) is 0.745. The minimum absolute atomic E-state index is 0.00332. The largest absolute Gasteiger partial charge is 0.453 e. The van der Waals surface area contributed by atoms with E-state index in [2.05, 4.69) is 11.8 Å². The number of hydrogen-bond acceptors (Lipinski definition) is 3. The lowest BCUT2D eigenvalue weighted by Crippen LogP contribution is -2.40. The highest BCUT2D eigenvalue weighted by Crippen LogP contribution is 2.41. The molecule has 0 radical (unpaired) electrons. The van der Waals surface area contributed by atoms with Gasteiger partial charge in [-0.25, -0.2) is 4.79 Å². The van der Waals surface area contributed by atoms with Gasteiger partial charge in [0.1, 0.15) is 5.60 Å². The highest BCUT2D eigenvalue weighted by molar-refractivity contribution is 5.68. The maximum Gasteiger partial charge on any atom is 0.409 e. The summed E-state index contributed by atoms with van der Waals surface area (Å²) in [7, 11) is 1.40. The standard InChI is InChI=1S/C20H25NO3/c1-15-6-5-7-16(12-15)9-11-20(23)10-4-3-8-17-13-21(14-18(17)20)19(22)24-2/h5-7,12,17-18,23H,3-4,8,10,13-14H2,1-2H3. The third-order valence-electron chi connectivity index (χ3n) is 5.31. The number of ether oxygens (including phenoxy) is 1. The minimum Gasteiger partial charge on any atom is -0.453 e. The number of amides is 1. The third kappa shape index (κ3) is 3.42. The fraction of sp³-hybridized carbons (Fsp3) is 0.550. The Morgan fingerprint density at radius 2 is 2.21 bits per heavy atom. The predicted molar refractivity (Wildman–Crippen MR) is 92.4 cm³/mol. The van der Waals surface area contributed by atoms with Crippen molar-refractivity contribution in [1.29, 1.82) is 0 Å². The highest BCUT2D eigenvalue weighted by Gasteiger charge is 2.48. The van der Waals surface area contributed by atoms with Gasteiger partial charge in [-0.3, -0.25) is 0 Å². The summed E-state index contributed by atoms with van der Waals surface area (Å²) in [6.45, 7) is 3.22. The van der Waals surface area contributed by atoms with Crippen molar-refractivity contribution in [2.24, 2.45) is 11.8 Å². The van der Waals surface area contributed by atoms with Gasteiger partial charge in [-0.1, -0.05) is 30.4 Å². The van der Waals surface area contributed by atoms with Crippen molar-refractivity contribution in [3.63, 3.8) is 0 Å². The Hall–Kier alpha value is -1.99. The summed E-state index contributed by atoms with van der Waals surface area (Å²) in [4.78, 5) is 13.6. The molecule has 1 saturated carbocycles. The number of aliphatic hydroxyl groups is 1. The Morgan fingerprint density at radius 1 is 1.38 bits per heavy atom. The Bertz CT molecular complexity index is 675. The van der Waals surface area contributed by atoms with Crippen LogP contribution in [0.25, 0.3) is 0 Å². The molecule has 3 atom stereocenters. The van der Waals surface area contributed by atoms with Gasteiger partial charge in [0.2, 0.25) is 0 Å². The van der Waals surface area contributed by atoms with Crippen LogP contribution in [0.3, 0.4) is 0 Å².